The molecule has 6 heteroatoms. The molecule has 0 amide bonds. The average molecular weight is 286 g/mol. The standard InChI is InChI=1S/C14H14N4OS/c1-8-11(7-19)13(20-14-16-9(2)17-18-14)10-5-3-4-6-12(10)15-8/h3-6,19H,7H2,1-2H3,(H,16,17,18). The van der Waals surface area contributed by atoms with Crippen LogP contribution in [0.5, 0.6) is 0 Å². The van der Waals surface area contributed by atoms with Gasteiger partial charge in [-0.15, -0.1) is 5.10 Å². The van der Waals surface area contributed by atoms with E-state index in [4.69, 9.17) is 0 Å². The Morgan fingerprint density at radius 1 is 1.20 bits per heavy atom. The van der Waals surface area contributed by atoms with Crippen LogP contribution < -0.4 is 0 Å². The molecule has 0 aliphatic rings. The smallest absolute Gasteiger partial charge is 0.213 e. The largest absolute Gasteiger partial charge is 0.392 e. The molecule has 0 aliphatic heterocycles. The summed E-state index contributed by atoms with van der Waals surface area (Å²) in [7, 11) is 0. The van der Waals surface area contributed by atoms with Gasteiger partial charge in [0.1, 0.15) is 5.82 Å². The van der Waals surface area contributed by atoms with Crippen LogP contribution in [0.25, 0.3) is 10.9 Å². The predicted octanol–water partition coefficient (Wildman–Crippen LogP) is 2.61. The zero-order valence-electron chi connectivity index (χ0n) is 11.2. The number of nitrogens with zero attached hydrogens (tertiary/aromatic N) is 3. The number of para-hydroxylation sites is 1. The van der Waals surface area contributed by atoms with Crippen molar-refractivity contribution in [2.75, 3.05) is 0 Å². The number of hydrogen-bond acceptors (Lipinski definition) is 5. The SMILES string of the molecule is Cc1nc(Sc2c(CO)c(C)nc3ccccc23)n[nH]1. The lowest BCUT2D eigenvalue weighted by Gasteiger charge is -2.11. The van der Waals surface area contributed by atoms with Gasteiger partial charge in [-0.3, -0.25) is 10.1 Å². The van der Waals surface area contributed by atoms with Crippen molar-refractivity contribution in [2.45, 2.75) is 30.5 Å². The third-order valence-corrected chi connectivity index (χ3v) is 4.11. The molecule has 1 aromatic carbocycles. The maximum absolute atomic E-state index is 9.64. The number of aliphatic hydroxyl groups excluding tert-OH is 1. The van der Waals surface area contributed by atoms with Crippen molar-refractivity contribution in [3.8, 4) is 0 Å². The number of benzene rings is 1. The number of aromatic nitrogens is 4. The summed E-state index contributed by atoms with van der Waals surface area (Å²) in [5, 5.41) is 18.3. The van der Waals surface area contributed by atoms with E-state index in [0.29, 0.717) is 5.16 Å². The first-order valence-electron chi connectivity index (χ1n) is 6.25. The Kier molecular flexibility index (Phi) is 3.42. The minimum Gasteiger partial charge on any atom is -0.392 e. The third kappa shape index (κ3) is 2.28. The Bertz CT molecular complexity index is 769. The third-order valence-electron chi connectivity index (χ3n) is 3.08. The number of aliphatic hydroxyl groups is 1. The summed E-state index contributed by atoms with van der Waals surface area (Å²) in [6.07, 6.45) is 0. The van der Waals surface area contributed by atoms with Crippen LogP contribution in [0.2, 0.25) is 0 Å². The molecule has 2 heterocycles. The molecule has 2 aromatic heterocycles. The second-order valence-corrected chi connectivity index (χ2v) is 5.46. The van der Waals surface area contributed by atoms with Gasteiger partial charge >= 0.3 is 0 Å². The first-order valence-corrected chi connectivity index (χ1v) is 7.06. The van der Waals surface area contributed by atoms with E-state index < -0.39 is 0 Å². The lowest BCUT2D eigenvalue weighted by molar-refractivity contribution is 0.278. The van der Waals surface area contributed by atoms with Crippen LogP contribution >= 0.6 is 11.8 Å². The number of pyridine rings is 1. The Morgan fingerprint density at radius 3 is 2.70 bits per heavy atom. The van der Waals surface area contributed by atoms with Crippen LogP contribution in [-0.4, -0.2) is 25.3 Å². The maximum atomic E-state index is 9.64. The van der Waals surface area contributed by atoms with Crippen LogP contribution in [0.1, 0.15) is 17.1 Å². The molecule has 0 saturated heterocycles. The monoisotopic (exact) mass is 286 g/mol. The fraction of sp³-hybridized carbons (Fsp3) is 0.214. The quantitative estimate of drug-likeness (QED) is 0.774. The molecule has 0 saturated carbocycles. The summed E-state index contributed by atoms with van der Waals surface area (Å²) in [4.78, 5) is 9.81. The van der Waals surface area contributed by atoms with Gasteiger partial charge in [-0.25, -0.2) is 4.98 Å². The van der Waals surface area contributed by atoms with Crippen molar-refractivity contribution in [1.29, 1.82) is 0 Å². The molecule has 0 atom stereocenters. The number of fused-ring (bicyclic) bond motifs is 1. The van der Waals surface area contributed by atoms with E-state index >= 15 is 0 Å². The molecule has 0 fully saturated rings. The molecular weight excluding hydrogens is 272 g/mol. The highest BCUT2D eigenvalue weighted by Gasteiger charge is 2.15. The molecule has 5 nitrogen and oxygen atoms in total. The van der Waals surface area contributed by atoms with Gasteiger partial charge in [0, 0.05) is 21.5 Å². The van der Waals surface area contributed by atoms with Crippen molar-refractivity contribution in [3.63, 3.8) is 0 Å². The van der Waals surface area contributed by atoms with Gasteiger partial charge in [0.2, 0.25) is 5.16 Å². The van der Waals surface area contributed by atoms with Gasteiger partial charge in [0.25, 0.3) is 0 Å². The molecule has 0 bridgehead atoms. The van der Waals surface area contributed by atoms with Gasteiger partial charge in [-0.05, 0) is 31.7 Å². The van der Waals surface area contributed by atoms with Gasteiger partial charge in [-0.2, -0.15) is 0 Å². The zero-order valence-corrected chi connectivity index (χ0v) is 12.0. The minimum atomic E-state index is -0.0462. The highest BCUT2D eigenvalue weighted by Crippen LogP contribution is 2.35. The predicted molar refractivity (Wildman–Crippen MR) is 77.6 cm³/mol. The van der Waals surface area contributed by atoms with Gasteiger partial charge < -0.3 is 5.11 Å². The van der Waals surface area contributed by atoms with E-state index in [0.717, 1.165) is 32.9 Å². The summed E-state index contributed by atoms with van der Waals surface area (Å²) in [5.41, 5.74) is 2.58. The van der Waals surface area contributed by atoms with Crippen LogP contribution in [0, 0.1) is 13.8 Å². The van der Waals surface area contributed by atoms with E-state index in [2.05, 4.69) is 20.2 Å². The summed E-state index contributed by atoms with van der Waals surface area (Å²) in [6, 6.07) is 7.89. The molecule has 102 valence electrons. The number of aryl methyl sites for hydroxylation is 2. The van der Waals surface area contributed by atoms with Gasteiger partial charge in [-0.1, -0.05) is 18.2 Å². The molecule has 2 N–H and O–H groups in total. The Morgan fingerprint density at radius 2 is 2.00 bits per heavy atom. The van der Waals surface area contributed by atoms with E-state index in [1.54, 1.807) is 0 Å². The van der Waals surface area contributed by atoms with E-state index in [1.165, 1.54) is 11.8 Å². The molecular formula is C14H14N4OS. The molecule has 3 aromatic rings. The van der Waals surface area contributed by atoms with Crippen molar-refractivity contribution >= 4 is 22.7 Å². The topological polar surface area (TPSA) is 74.7 Å². The van der Waals surface area contributed by atoms with Gasteiger partial charge in [0.15, 0.2) is 0 Å². The summed E-state index contributed by atoms with van der Waals surface area (Å²) < 4.78 is 0. The molecule has 3 rings (SSSR count). The second kappa shape index (κ2) is 5.22. The number of rotatable bonds is 3. The number of hydrogen-bond donors (Lipinski definition) is 2. The van der Waals surface area contributed by atoms with E-state index in [1.807, 2.05) is 38.1 Å². The molecule has 20 heavy (non-hydrogen) atoms. The van der Waals surface area contributed by atoms with Crippen LogP contribution in [0.15, 0.2) is 34.3 Å². The first-order chi connectivity index (χ1) is 9.69. The number of H-pyrrole nitrogens is 1. The van der Waals surface area contributed by atoms with Crippen LogP contribution in [0.3, 0.4) is 0 Å². The van der Waals surface area contributed by atoms with Gasteiger partial charge in [0.05, 0.1) is 12.1 Å². The van der Waals surface area contributed by atoms with Crippen molar-refractivity contribution in [2.24, 2.45) is 0 Å². The highest BCUT2D eigenvalue weighted by atomic mass is 32.2. The fourth-order valence-corrected chi connectivity index (χ4v) is 3.17. The van der Waals surface area contributed by atoms with Crippen molar-refractivity contribution in [1.82, 2.24) is 20.2 Å². The molecule has 0 aliphatic carbocycles. The normalized spacial score (nSPS) is 11.2. The lowest BCUT2D eigenvalue weighted by atomic mass is 10.1. The maximum Gasteiger partial charge on any atom is 0.213 e. The van der Waals surface area contributed by atoms with E-state index in [9.17, 15) is 5.11 Å². The Labute approximate surface area is 120 Å². The summed E-state index contributed by atoms with van der Waals surface area (Å²) >= 11 is 1.45. The number of nitrogens with one attached hydrogen (secondary N) is 1. The Hall–Kier alpha value is -1.92. The van der Waals surface area contributed by atoms with Crippen molar-refractivity contribution in [3.05, 3.63) is 41.3 Å². The number of aromatic amines is 1. The first kappa shape index (κ1) is 13.1. The molecule has 0 spiro atoms. The highest BCUT2D eigenvalue weighted by molar-refractivity contribution is 7.99. The Balaban J connectivity index is 2.20. The summed E-state index contributed by atoms with van der Waals surface area (Å²) in [5.74, 6) is 0.771. The second-order valence-electron chi connectivity index (χ2n) is 4.49. The fourth-order valence-electron chi connectivity index (χ4n) is 2.10. The average Bonchev–Trinajstić information content (AvgIpc) is 2.84. The van der Waals surface area contributed by atoms with Crippen LogP contribution in [0.4, 0.5) is 0 Å². The molecule has 0 radical (unpaired) electrons. The molecule has 0 unspecified atom stereocenters. The summed E-state index contributed by atoms with van der Waals surface area (Å²) in [6.45, 7) is 3.72. The van der Waals surface area contributed by atoms with Crippen molar-refractivity contribution < 1.29 is 5.11 Å². The zero-order chi connectivity index (χ0) is 14.1. The van der Waals surface area contributed by atoms with E-state index in [-0.39, 0.29) is 6.61 Å². The lowest BCUT2D eigenvalue weighted by Crippen LogP contribution is -1.98. The minimum absolute atomic E-state index is 0.0462. The van der Waals surface area contributed by atoms with Crippen LogP contribution in [-0.2, 0) is 6.61 Å².